The van der Waals surface area contributed by atoms with E-state index in [2.05, 4.69) is 11.9 Å². The van der Waals surface area contributed by atoms with Gasteiger partial charge in [-0.3, -0.25) is 19.8 Å². The lowest BCUT2D eigenvalue weighted by molar-refractivity contribution is -0.128. The number of hydrogen-bond donors (Lipinski definition) is 1. The van der Waals surface area contributed by atoms with Crippen LogP contribution in [0.3, 0.4) is 0 Å². The maximum absolute atomic E-state index is 12.7. The quantitative estimate of drug-likeness (QED) is 0.311. The minimum absolute atomic E-state index is 0.0322. The first-order valence-corrected chi connectivity index (χ1v) is 10.6. The zero-order chi connectivity index (χ0) is 22.8. The third kappa shape index (κ3) is 6.60. The number of fused-ring (bicyclic) bond motifs is 1. The van der Waals surface area contributed by atoms with Crippen molar-refractivity contribution in [3.63, 3.8) is 0 Å². The molecular weight excluding hydrogens is 436 g/mol. The molecule has 1 saturated heterocycles. The van der Waals surface area contributed by atoms with E-state index in [4.69, 9.17) is 35.9 Å². The van der Waals surface area contributed by atoms with E-state index < -0.39 is 11.8 Å². The fourth-order valence-corrected chi connectivity index (χ4v) is 3.22. The maximum atomic E-state index is 12.7. The van der Waals surface area contributed by atoms with Crippen LogP contribution in [-0.4, -0.2) is 81.2 Å². The second kappa shape index (κ2) is 12.3. The first kappa shape index (κ1) is 23.9. The number of carbonyl (C=O) groups excluding carboxylic acids is 2. The van der Waals surface area contributed by atoms with Crippen LogP contribution in [0.15, 0.2) is 36.4 Å². The summed E-state index contributed by atoms with van der Waals surface area (Å²) in [5.41, 5.74) is 0.566. The van der Waals surface area contributed by atoms with Gasteiger partial charge in [-0.05, 0) is 36.0 Å². The molecule has 1 aromatic carbocycles. The summed E-state index contributed by atoms with van der Waals surface area (Å²) in [5, 5.41) is 2.58. The molecular formula is C22H26N2O7S. The van der Waals surface area contributed by atoms with Crippen LogP contribution in [0.1, 0.15) is 5.56 Å². The molecule has 10 heteroatoms. The molecule has 32 heavy (non-hydrogen) atoms. The van der Waals surface area contributed by atoms with Crippen LogP contribution in [0.5, 0.6) is 11.5 Å². The van der Waals surface area contributed by atoms with Crippen molar-refractivity contribution in [3.05, 3.63) is 42.0 Å². The number of rotatable bonds is 3. The Kier molecular flexibility index (Phi) is 9.17. The minimum atomic E-state index is -0.554. The Morgan fingerprint density at radius 3 is 2.16 bits per heavy atom. The molecule has 0 bridgehead atoms. The van der Waals surface area contributed by atoms with Gasteiger partial charge in [0.25, 0.3) is 11.8 Å². The van der Waals surface area contributed by atoms with Gasteiger partial charge in [-0.1, -0.05) is 12.1 Å². The normalized spacial score (nSPS) is 20.3. The molecule has 2 heterocycles. The molecule has 1 fully saturated rings. The first-order valence-electron chi connectivity index (χ1n) is 10.2. The highest BCUT2D eigenvalue weighted by Gasteiger charge is 2.32. The molecule has 0 radical (unpaired) electrons. The largest absolute Gasteiger partial charge is 0.487 e. The van der Waals surface area contributed by atoms with Crippen molar-refractivity contribution in [1.29, 1.82) is 0 Å². The van der Waals surface area contributed by atoms with E-state index in [9.17, 15) is 9.59 Å². The van der Waals surface area contributed by atoms with Crippen LogP contribution in [0.4, 0.5) is 0 Å². The van der Waals surface area contributed by atoms with Gasteiger partial charge in [0.1, 0.15) is 18.8 Å². The van der Waals surface area contributed by atoms with Gasteiger partial charge in [-0.25, -0.2) is 0 Å². The highest BCUT2D eigenvalue weighted by molar-refractivity contribution is 7.80. The van der Waals surface area contributed by atoms with Crippen molar-refractivity contribution >= 4 is 35.2 Å². The lowest BCUT2D eigenvalue weighted by Crippen LogP contribution is -2.53. The number of ether oxygens (including phenoxy) is 5. The summed E-state index contributed by atoms with van der Waals surface area (Å²) < 4.78 is 28.0. The Labute approximate surface area is 191 Å². The third-order valence-corrected chi connectivity index (χ3v) is 4.81. The van der Waals surface area contributed by atoms with Crippen molar-refractivity contribution in [2.45, 2.75) is 0 Å². The zero-order valence-corrected chi connectivity index (χ0v) is 18.5. The summed E-state index contributed by atoms with van der Waals surface area (Å²) in [6.45, 7) is 7.14. The average Bonchev–Trinajstić information content (AvgIpc) is 2.78. The Morgan fingerprint density at radius 2 is 1.53 bits per heavy atom. The van der Waals surface area contributed by atoms with E-state index in [0.29, 0.717) is 69.9 Å². The number of carbonyl (C=O) groups is 2. The van der Waals surface area contributed by atoms with E-state index >= 15 is 0 Å². The van der Waals surface area contributed by atoms with E-state index in [1.165, 1.54) is 17.1 Å². The van der Waals surface area contributed by atoms with Gasteiger partial charge in [0, 0.05) is 6.54 Å². The summed E-state index contributed by atoms with van der Waals surface area (Å²) in [4.78, 5) is 26.4. The SMILES string of the molecule is C=CCN1C(=O)/C(=C/c2ccc3c(c2)OCCOCCOCCOCCO3)C(=O)NC1=S. The topological polar surface area (TPSA) is 95.6 Å². The molecule has 2 amide bonds. The third-order valence-electron chi connectivity index (χ3n) is 4.49. The fourth-order valence-electron chi connectivity index (χ4n) is 2.97. The monoisotopic (exact) mass is 462 g/mol. The van der Waals surface area contributed by atoms with Gasteiger partial charge in [0.05, 0.1) is 39.6 Å². The van der Waals surface area contributed by atoms with Crippen molar-refractivity contribution in [2.75, 3.05) is 59.4 Å². The Bertz CT molecular complexity index is 887. The lowest BCUT2D eigenvalue weighted by atomic mass is 10.1. The van der Waals surface area contributed by atoms with Crippen molar-refractivity contribution < 1.29 is 33.3 Å². The lowest BCUT2D eigenvalue weighted by Gasteiger charge is -2.27. The predicted octanol–water partition coefficient (Wildman–Crippen LogP) is 1.32. The second-order valence-corrected chi connectivity index (χ2v) is 7.15. The van der Waals surface area contributed by atoms with E-state index in [0.717, 1.165) is 0 Å². The molecule has 1 aromatic rings. The molecule has 0 saturated carbocycles. The van der Waals surface area contributed by atoms with Gasteiger partial charge in [0.15, 0.2) is 16.6 Å². The van der Waals surface area contributed by atoms with Crippen LogP contribution in [0.25, 0.3) is 6.08 Å². The number of benzene rings is 1. The van der Waals surface area contributed by atoms with E-state index in [-0.39, 0.29) is 17.2 Å². The van der Waals surface area contributed by atoms with Gasteiger partial charge in [0.2, 0.25) is 0 Å². The molecule has 0 unspecified atom stereocenters. The minimum Gasteiger partial charge on any atom is -0.487 e. The molecule has 3 rings (SSSR count). The van der Waals surface area contributed by atoms with Crippen molar-refractivity contribution in [2.24, 2.45) is 0 Å². The maximum Gasteiger partial charge on any atom is 0.265 e. The van der Waals surface area contributed by atoms with Crippen LogP contribution in [0.2, 0.25) is 0 Å². The van der Waals surface area contributed by atoms with Crippen LogP contribution < -0.4 is 14.8 Å². The molecule has 172 valence electrons. The summed E-state index contributed by atoms with van der Waals surface area (Å²) >= 11 is 5.08. The summed E-state index contributed by atoms with van der Waals surface area (Å²) in [6.07, 6.45) is 3.03. The number of amides is 2. The van der Waals surface area contributed by atoms with Gasteiger partial charge in [-0.15, -0.1) is 6.58 Å². The standard InChI is InChI=1S/C22H26N2O7S/c1-2-5-24-21(26)17(20(25)23-22(24)32)14-16-3-4-18-19(15-16)31-13-11-29-9-7-27-6-8-28-10-12-30-18/h2-4,14-15H,1,5-13H2,(H,23,25,32)/b17-14+. The number of nitrogens with one attached hydrogen (secondary N) is 1. The molecule has 0 atom stereocenters. The Hall–Kier alpha value is -2.79. The molecule has 1 N–H and O–H groups in total. The molecule has 0 aliphatic carbocycles. The van der Waals surface area contributed by atoms with Crippen LogP contribution in [-0.2, 0) is 23.8 Å². The summed E-state index contributed by atoms with van der Waals surface area (Å²) in [5.74, 6) is -0.0481. The molecule has 9 nitrogen and oxygen atoms in total. The fraction of sp³-hybridized carbons (Fsp3) is 0.409. The smallest absolute Gasteiger partial charge is 0.265 e. The van der Waals surface area contributed by atoms with Crippen molar-refractivity contribution in [3.8, 4) is 11.5 Å². The van der Waals surface area contributed by atoms with Gasteiger partial charge < -0.3 is 23.7 Å². The molecule has 0 aromatic heterocycles. The summed E-state index contributed by atoms with van der Waals surface area (Å²) in [7, 11) is 0. The number of thiocarbonyl (C=S) groups is 1. The molecule has 2 aliphatic rings. The number of nitrogens with zero attached hydrogens (tertiary/aromatic N) is 1. The number of hydrogen-bond acceptors (Lipinski definition) is 8. The van der Waals surface area contributed by atoms with E-state index in [1.807, 2.05) is 0 Å². The van der Waals surface area contributed by atoms with Crippen LogP contribution in [0, 0.1) is 0 Å². The highest BCUT2D eigenvalue weighted by Crippen LogP contribution is 2.30. The van der Waals surface area contributed by atoms with E-state index in [1.54, 1.807) is 18.2 Å². The van der Waals surface area contributed by atoms with Crippen LogP contribution >= 0.6 is 12.2 Å². The van der Waals surface area contributed by atoms with Gasteiger partial charge in [-0.2, -0.15) is 0 Å². The van der Waals surface area contributed by atoms with Gasteiger partial charge >= 0.3 is 0 Å². The Balaban J connectivity index is 1.79. The predicted molar refractivity (Wildman–Crippen MR) is 121 cm³/mol. The molecule has 2 aliphatic heterocycles. The molecule has 0 spiro atoms. The second-order valence-electron chi connectivity index (χ2n) is 6.76. The highest BCUT2D eigenvalue weighted by atomic mass is 32.1. The Morgan fingerprint density at radius 1 is 0.938 bits per heavy atom. The zero-order valence-electron chi connectivity index (χ0n) is 17.7. The first-order chi connectivity index (χ1) is 15.6. The summed E-state index contributed by atoms with van der Waals surface area (Å²) in [6, 6.07) is 5.16. The van der Waals surface area contributed by atoms with Crippen molar-refractivity contribution in [1.82, 2.24) is 10.2 Å². The average molecular weight is 463 g/mol.